The molecule has 2 rings (SSSR count). The Kier molecular flexibility index (Phi) is 4.55. The Labute approximate surface area is 118 Å². The molecule has 9 nitrogen and oxygen atoms in total. The van der Waals surface area contributed by atoms with E-state index in [0.717, 1.165) is 0 Å². The van der Waals surface area contributed by atoms with Crippen LogP contribution in [0.25, 0.3) is 0 Å². The van der Waals surface area contributed by atoms with Crippen LogP contribution in [-0.4, -0.2) is 43.3 Å². The summed E-state index contributed by atoms with van der Waals surface area (Å²) in [6, 6.07) is 1.43. The fourth-order valence-corrected chi connectivity index (χ4v) is 2.38. The quantitative estimate of drug-likeness (QED) is 0.498. The van der Waals surface area contributed by atoms with E-state index < -0.39 is 30.8 Å². The predicted molar refractivity (Wildman–Crippen MR) is 72.1 cm³/mol. The third-order valence-electron chi connectivity index (χ3n) is 2.77. The number of aliphatic hydroxyl groups excluding tert-OH is 1. The van der Waals surface area contributed by atoms with Crippen LogP contribution in [0.5, 0.6) is 0 Å². The number of ether oxygens (including phenoxy) is 1. The largest absolute Gasteiger partial charge is 0.390 e. The van der Waals surface area contributed by atoms with Crippen molar-refractivity contribution in [2.45, 2.75) is 24.9 Å². The summed E-state index contributed by atoms with van der Waals surface area (Å²) in [4.78, 5) is 33.1. The molecule has 112 valence electrons. The molecule has 1 unspecified atom stereocenters. The number of hydrogen-bond donors (Lipinski definition) is 4. The van der Waals surface area contributed by atoms with Gasteiger partial charge in [-0.3, -0.25) is 4.57 Å². The molecule has 0 radical (unpaired) electrons. The first-order chi connectivity index (χ1) is 9.26. The molecule has 1 aliphatic heterocycles. The number of nitrogens with two attached hydrogens (primary N) is 1. The molecule has 3 atom stereocenters. The lowest BCUT2D eigenvalue weighted by atomic mass is 10.2. The average Bonchev–Trinajstić information content (AvgIpc) is 2.67. The summed E-state index contributed by atoms with van der Waals surface area (Å²) in [7, 11) is 0. The van der Waals surface area contributed by atoms with Gasteiger partial charge in [0.05, 0.1) is 12.7 Å². The third-order valence-corrected chi connectivity index (χ3v) is 3.57. The van der Waals surface area contributed by atoms with E-state index in [1.54, 1.807) is 0 Å². The first kappa shape index (κ1) is 15.5. The van der Waals surface area contributed by atoms with Crippen LogP contribution in [0.2, 0.25) is 0 Å². The smallest absolute Gasteiger partial charge is 0.351 e. The van der Waals surface area contributed by atoms with Gasteiger partial charge in [-0.15, -0.1) is 0 Å². The van der Waals surface area contributed by atoms with Gasteiger partial charge in [-0.1, -0.05) is 0 Å². The van der Waals surface area contributed by atoms with E-state index in [1.165, 1.54) is 16.8 Å². The highest BCUT2D eigenvalue weighted by Gasteiger charge is 2.36. The summed E-state index contributed by atoms with van der Waals surface area (Å²) in [6.45, 7) is -4.09. The van der Waals surface area contributed by atoms with Crippen LogP contribution in [0.15, 0.2) is 17.1 Å². The van der Waals surface area contributed by atoms with Gasteiger partial charge in [-0.25, -0.2) is 4.79 Å². The molecule has 0 aromatic carbocycles. The number of rotatable bonds is 4. The predicted octanol–water partition coefficient (Wildman–Crippen LogP) is -1.30. The van der Waals surface area contributed by atoms with Crippen molar-refractivity contribution in [1.29, 1.82) is 0 Å². The van der Waals surface area contributed by atoms with E-state index in [-0.39, 0.29) is 18.8 Å². The van der Waals surface area contributed by atoms with Crippen molar-refractivity contribution in [2.24, 2.45) is 0 Å². The Bertz CT molecular complexity index is 589. The molecule has 1 aliphatic rings. The number of anilines is 1. The van der Waals surface area contributed by atoms with Gasteiger partial charge in [0.1, 0.15) is 18.1 Å². The SMILES string of the molecule is Nc1ccn([C@H]2C[C@H](O)C(COP(O)(O)=S)O2)c(=O)n1. The van der Waals surface area contributed by atoms with Gasteiger partial charge < -0.3 is 29.9 Å². The number of aromatic nitrogens is 2. The van der Waals surface area contributed by atoms with E-state index in [1.807, 2.05) is 0 Å². The van der Waals surface area contributed by atoms with Crippen LogP contribution < -0.4 is 11.4 Å². The van der Waals surface area contributed by atoms with Gasteiger partial charge >= 0.3 is 12.4 Å². The van der Waals surface area contributed by atoms with Gasteiger partial charge in [-0.2, -0.15) is 4.98 Å². The summed E-state index contributed by atoms with van der Waals surface area (Å²) in [5.41, 5.74) is 4.78. The van der Waals surface area contributed by atoms with E-state index in [0.29, 0.717) is 0 Å². The molecule has 11 heteroatoms. The lowest BCUT2D eigenvalue weighted by Gasteiger charge is -2.17. The maximum absolute atomic E-state index is 11.6. The first-order valence-electron chi connectivity index (χ1n) is 5.64. The molecule has 1 fully saturated rings. The third kappa shape index (κ3) is 3.83. The van der Waals surface area contributed by atoms with Crippen molar-refractivity contribution in [3.05, 3.63) is 22.7 Å². The lowest BCUT2D eigenvalue weighted by molar-refractivity contribution is -0.0426. The van der Waals surface area contributed by atoms with Gasteiger partial charge in [-0.05, 0) is 17.9 Å². The minimum absolute atomic E-state index is 0.0888. The fourth-order valence-electron chi connectivity index (χ4n) is 1.85. The molecule has 1 saturated heterocycles. The van der Waals surface area contributed by atoms with E-state index in [2.05, 4.69) is 21.3 Å². The van der Waals surface area contributed by atoms with Crippen molar-refractivity contribution in [2.75, 3.05) is 12.3 Å². The van der Waals surface area contributed by atoms with Crippen molar-refractivity contribution < 1.29 is 24.2 Å². The van der Waals surface area contributed by atoms with E-state index in [9.17, 15) is 9.90 Å². The summed E-state index contributed by atoms with van der Waals surface area (Å²) in [6.07, 6.45) is -0.918. The molecular weight excluding hydrogens is 309 g/mol. The number of nitrogen functional groups attached to an aromatic ring is 1. The minimum Gasteiger partial charge on any atom is -0.390 e. The number of nitrogens with zero attached hydrogens (tertiary/aromatic N) is 2. The summed E-state index contributed by atoms with van der Waals surface area (Å²) in [5.74, 6) is 0.0888. The monoisotopic (exact) mass is 323 g/mol. The van der Waals surface area contributed by atoms with Crippen LogP contribution in [0.3, 0.4) is 0 Å². The molecule has 2 heterocycles. The van der Waals surface area contributed by atoms with Crippen LogP contribution in [-0.2, 0) is 21.1 Å². The highest BCUT2D eigenvalue weighted by atomic mass is 32.5. The second kappa shape index (κ2) is 5.86. The van der Waals surface area contributed by atoms with E-state index >= 15 is 0 Å². The Morgan fingerprint density at radius 2 is 2.35 bits per heavy atom. The topological polar surface area (TPSA) is 140 Å². The van der Waals surface area contributed by atoms with Crippen LogP contribution >= 0.6 is 6.72 Å². The van der Waals surface area contributed by atoms with Crippen molar-refractivity contribution in [3.63, 3.8) is 0 Å². The van der Waals surface area contributed by atoms with Crippen molar-refractivity contribution >= 4 is 24.3 Å². The maximum Gasteiger partial charge on any atom is 0.351 e. The highest BCUT2D eigenvalue weighted by Crippen LogP contribution is 2.38. The number of hydrogen-bond acceptors (Lipinski definition) is 7. The Morgan fingerprint density at radius 1 is 1.65 bits per heavy atom. The van der Waals surface area contributed by atoms with Gasteiger partial charge in [0, 0.05) is 12.6 Å². The second-order valence-electron chi connectivity index (χ2n) is 4.26. The molecule has 0 spiro atoms. The Morgan fingerprint density at radius 3 is 2.95 bits per heavy atom. The molecule has 0 saturated carbocycles. The van der Waals surface area contributed by atoms with Crippen LogP contribution in [0.1, 0.15) is 12.6 Å². The molecule has 5 N–H and O–H groups in total. The molecule has 20 heavy (non-hydrogen) atoms. The van der Waals surface area contributed by atoms with Gasteiger partial charge in [0.15, 0.2) is 0 Å². The molecule has 1 aromatic rings. The van der Waals surface area contributed by atoms with Crippen molar-refractivity contribution in [1.82, 2.24) is 9.55 Å². The van der Waals surface area contributed by atoms with Gasteiger partial charge in [0.2, 0.25) is 0 Å². The maximum atomic E-state index is 11.6. The molecule has 0 aliphatic carbocycles. The Hall–Kier alpha value is -0.870. The lowest BCUT2D eigenvalue weighted by Crippen LogP contribution is -2.28. The summed E-state index contributed by atoms with van der Waals surface area (Å²) < 4.78 is 11.3. The number of aliphatic hydroxyl groups is 1. The zero-order valence-corrected chi connectivity index (χ0v) is 11.9. The zero-order valence-electron chi connectivity index (χ0n) is 10.2. The average molecular weight is 323 g/mol. The zero-order chi connectivity index (χ0) is 14.9. The van der Waals surface area contributed by atoms with Crippen LogP contribution in [0, 0.1) is 0 Å². The normalized spacial score (nSPS) is 26.9. The molecule has 1 aromatic heterocycles. The standard InChI is InChI=1S/C9H14N3O6PS/c10-7-1-2-12(9(14)11-7)8-3-5(13)6(18-8)4-17-19(15,16)20/h1-2,5-6,8,13H,3-4H2,(H2,10,11,14)(H2,15,16,20)/t5-,6?,8+/m0/s1. The second-order valence-corrected chi connectivity index (χ2v) is 6.93. The first-order valence-corrected chi connectivity index (χ1v) is 8.27. The molecule has 0 amide bonds. The van der Waals surface area contributed by atoms with Gasteiger partial charge in [0.25, 0.3) is 0 Å². The molecular formula is C9H14N3O6PS. The van der Waals surface area contributed by atoms with Crippen molar-refractivity contribution in [3.8, 4) is 0 Å². The molecule has 0 bridgehead atoms. The summed E-state index contributed by atoms with van der Waals surface area (Å²) >= 11 is 4.30. The highest BCUT2D eigenvalue weighted by molar-refractivity contribution is 8.06. The Balaban J connectivity index is 2.06. The van der Waals surface area contributed by atoms with Crippen LogP contribution in [0.4, 0.5) is 5.82 Å². The minimum atomic E-state index is -3.81. The fraction of sp³-hybridized carbons (Fsp3) is 0.556. The summed E-state index contributed by atoms with van der Waals surface area (Å²) in [5, 5.41) is 9.81. The van der Waals surface area contributed by atoms with E-state index in [4.69, 9.17) is 20.3 Å².